The number of hydrogen-bond acceptors (Lipinski definition) is 3. The van der Waals surface area contributed by atoms with Crippen molar-refractivity contribution in [1.82, 2.24) is 4.57 Å². The first-order valence-electron chi connectivity index (χ1n) is 7.21. The van der Waals surface area contributed by atoms with E-state index in [1.54, 1.807) is 42.9 Å². The van der Waals surface area contributed by atoms with E-state index in [-0.39, 0.29) is 5.78 Å². The Kier molecular flexibility index (Phi) is 5.11. The van der Waals surface area contributed by atoms with Crippen LogP contribution in [-0.4, -0.2) is 28.5 Å². The second kappa shape index (κ2) is 6.87. The molecule has 0 saturated heterocycles. The molecule has 2 rings (SSSR count). The standard InChI is InChI=1S/C17H18ClNO4/c1-4-19-14(9-13(18)15(19)10(2)17(21)22)16(20)11-5-7-12(23-3)8-6-11/h5-10H,4H2,1-3H3,(H,21,22). The summed E-state index contributed by atoms with van der Waals surface area (Å²) in [6.45, 7) is 3.85. The van der Waals surface area contributed by atoms with Crippen LogP contribution in [0.4, 0.5) is 0 Å². The highest BCUT2D eigenvalue weighted by Gasteiger charge is 2.26. The zero-order valence-corrected chi connectivity index (χ0v) is 13.9. The number of carbonyl (C=O) groups is 2. The third-order valence-corrected chi connectivity index (χ3v) is 4.07. The highest BCUT2D eigenvalue weighted by atomic mass is 35.5. The van der Waals surface area contributed by atoms with Crippen molar-refractivity contribution in [3.05, 3.63) is 52.3 Å². The van der Waals surface area contributed by atoms with Crippen molar-refractivity contribution in [2.24, 2.45) is 0 Å². The fourth-order valence-corrected chi connectivity index (χ4v) is 2.88. The summed E-state index contributed by atoms with van der Waals surface area (Å²) in [7, 11) is 1.55. The molecule has 6 heteroatoms. The molecule has 1 unspecified atom stereocenters. The van der Waals surface area contributed by atoms with E-state index in [0.717, 1.165) is 0 Å². The fraction of sp³-hybridized carbons (Fsp3) is 0.294. The maximum absolute atomic E-state index is 12.7. The molecule has 0 aliphatic rings. The number of aromatic nitrogens is 1. The van der Waals surface area contributed by atoms with Crippen molar-refractivity contribution >= 4 is 23.4 Å². The Balaban J connectivity index is 2.48. The number of methoxy groups -OCH3 is 1. The van der Waals surface area contributed by atoms with Crippen molar-refractivity contribution in [3.8, 4) is 5.75 Å². The number of aliphatic carboxylic acids is 1. The summed E-state index contributed by atoms with van der Waals surface area (Å²) in [6, 6.07) is 8.28. The molecule has 0 saturated carbocycles. The molecule has 1 aromatic carbocycles. The molecule has 0 aliphatic heterocycles. The van der Waals surface area contributed by atoms with Gasteiger partial charge in [-0.1, -0.05) is 11.6 Å². The van der Waals surface area contributed by atoms with Crippen LogP contribution >= 0.6 is 11.6 Å². The maximum atomic E-state index is 12.7. The number of rotatable bonds is 6. The molecule has 5 nitrogen and oxygen atoms in total. The Morgan fingerprint density at radius 1 is 1.30 bits per heavy atom. The van der Waals surface area contributed by atoms with Gasteiger partial charge in [-0.2, -0.15) is 0 Å². The quantitative estimate of drug-likeness (QED) is 0.819. The minimum absolute atomic E-state index is 0.208. The largest absolute Gasteiger partial charge is 0.497 e. The van der Waals surface area contributed by atoms with Crippen LogP contribution in [0.1, 0.15) is 41.5 Å². The van der Waals surface area contributed by atoms with Crippen LogP contribution in [0.2, 0.25) is 5.02 Å². The molecule has 2 aromatic rings. The predicted molar refractivity (Wildman–Crippen MR) is 87.6 cm³/mol. The lowest BCUT2D eigenvalue weighted by Gasteiger charge is -2.14. The van der Waals surface area contributed by atoms with E-state index in [4.69, 9.17) is 16.3 Å². The molecule has 0 radical (unpaired) electrons. The van der Waals surface area contributed by atoms with Crippen LogP contribution in [0.3, 0.4) is 0 Å². The van der Waals surface area contributed by atoms with Gasteiger partial charge in [0.25, 0.3) is 0 Å². The highest BCUT2D eigenvalue weighted by Crippen LogP contribution is 2.30. The molecule has 0 spiro atoms. The summed E-state index contributed by atoms with van der Waals surface area (Å²) < 4.78 is 6.74. The topological polar surface area (TPSA) is 68.5 Å². The number of nitrogens with zero attached hydrogens (tertiary/aromatic N) is 1. The molecule has 1 atom stereocenters. The molecule has 1 aromatic heterocycles. The van der Waals surface area contributed by atoms with Crippen molar-refractivity contribution in [2.75, 3.05) is 7.11 Å². The molecule has 0 amide bonds. The van der Waals surface area contributed by atoms with Crippen LogP contribution < -0.4 is 4.74 Å². The highest BCUT2D eigenvalue weighted by molar-refractivity contribution is 6.32. The third kappa shape index (κ3) is 3.24. The van der Waals surface area contributed by atoms with Crippen LogP contribution in [0.5, 0.6) is 5.75 Å². The Bertz CT molecular complexity index is 734. The van der Waals surface area contributed by atoms with Gasteiger partial charge < -0.3 is 14.4 Å². The van der Waals surface area contributed by atoms with Crippen LogP contribution in [0, 0.1) is 0 Å². The lowest BCUT2D eigenvalue weighted by molar-refractivity contribution is -0.138. The number of halogens is 1. The average molecular weight is 336 g/mol. The van der Waals surface area contributed by atoms with Gasteiger partial charge in [-0.15, -0.1) is 0 Å². The van der Waals surface area contributed by atoms with E-state index in [0.29, 0.717) is 34.3 Å². The van der Waals surface area contributed by atoms with Crippen molar-refractivity contribution in [3.63, 3.8) is 0 Å². The zero-order valence-electron chi connectivity index (χ0n) is 13.2. The van der Waals surface area contributed by atoms with E-state index in [2.05, 4.69) is 0 Å². The molecular weight excluding hydrogens is 318 g/mol. The van der Waals surface area contributed by atoms with Crippen molar-refractivity contribution in [2.45, 2.75) is 26.3 Å². The molecule has 1 N–H and O–H groups in total. The number of hydrogen-bond donors (Lipinski definition) is 1. The first-order chi connectivity index (χ1) is 10.9. The first-order valence-corrected chi connectivity index (χ1v) is 7.59. The van der Waals surface area contributed by atoms with E-state index in [1.165, 1.54) is 6.07 Å². The molecule has 0 aliphatic carbocycles. The number of ether oxygens (including phenoxy) is 1. The Hall–Kier alpha value is -2.27. The second-order valence-electron chi connectivity index (χ2n) is 5.12. The molecule has 0 bridgehead atoms. The Morgan fingerprint density at radius 2 is 1.91 bits per heavy atom. The summed E-state index contributed by atoms with van der Waals surface area (Å²) in [4.78, 5) is 24.0. The lowest BCUT2D eigenvalue weighted by atomic mass is 10.1. The zero-order chi connectivity index (χ0) is 17.1. The minimum atomic E-state index is -0.983. The van der Waals surface area contributed by atoms with Crippen LogP contribution in [-0.2, 0) is 11.3 Å². The normalized spacial score (nSPS) is 12.0. The Labute approximate surface area is 139 Å². The van der Waals surface area contributed by atoms with E-state index >= 15 is 0 Å². The lowest BCUT2D eigenvalue weighted by Crippen LogP contribution is -2.16. The first kappa shape index (κ1) is 17.1. The van der Waals surface area contributed by atoms with Gasteiger partial charge in [0.2, 0.25) is 5.78 Å². The monoisotopic (exact) mass is 335 g/mol. The number of carboxylic acid groups (broad SMARTS) is 1. The summed E-state index contributed by atoms with van der Waals surface area (Å²) in [5.74, 6) is -1.33. The van der Waals surface area contributed by atoms with Gasteiger partial charge >= 0.3 is 5.97 Å². The Morgan fingerprint density at radius 3 is 2.39 bits per heavy atom. The predicted octanol–water partition coefficient (Wildman–Crippen LogP) is 3.59. The summed E-state index contributed by atoms with van der Waals surface area (Å²) in [5.41, 5.74) is 1.31. The SMILES string of the molecule is CCn1c(C(=O)c2ccc(OC)cc2)cc(Cl)c1C(C)C(=O)O. The molecule has 122 valence electrons. The van der Waals surface area contributed by atoms with Gasteiger partial charge in [-0.05, 0) is 44.2 Å². The molecular formula is C17H18ClNO4. The van der Waals surface area contributed by atoms with E-state index in [9.17, 15) is 14.7 Å². The van der Waals surface area contributed by atoms with Gasteiger partial charge in [0.15, 0.2) is 0 Å². The molecule has 23 heavy (non-hydrogen) atoms. The fourth-order valence-electron chi connectivity index (χ4n) is 2.51. The summed E-state index contributed by atoms with van der Waals surface area (Å²) in [6.07, 6.45) is 0. The van der Waals surface area contributed by atoms with Crippen molar-refractivity contribution < 1.29 is 19.4 Å². The maximum Gasteiger partial charge on any atom is 0.312 e. The van der Waals surface area contributed by atoms with Gasteiger partial charge in [0, 0.05) is 12.1 Å². The number of carbonyl (C=O) groups excluding carboxylic acids is 1. The molecule has 1 heterocycles. The minimum Gasteiger partial charge on any atom is -0.497 e. The average Bonchev–Trinajstić information content (AvgIpc) is 2.89. The summed E-state index contributed by atoms with van der Waals surface area (Å²) >= 11 is 6.19. The molecule has 0 fully saturated rings. The van der Waals surface area contributed by atoms with E-state index < -0.39 is 11.9 Å². The smallest absolute Gasteiger partial charge is 0.312 e. The number of ketones is 1. The van der Waals surface area contributed by atoms with Crippen molar-refractivity contribution in [1.29, 1.82) is 0 Å². The summed E-state index contributed by atoms with van der Waals surface area (Å²) in [5, 5.41) is 9.52. The van der Waals surface area contributed by atoms with E-state index in [1.807, 2.05) is 6.92 Å². The van der Waals surface area contributed by atoms with Crippen LogP contribution in [0.15, 0.2) is 30.3 Å². The number of carboxylic acids is 1. The third-order valence-electron chi connectivity index (χ3n) is 3.77. The van der Waals surface area contributed by atoms with Gasteiger partial charge in [-0.25, -0.2) is 0 Å². The number of benzene rings is 1. The van der Waals surface area contributed by atoms with Gasteiger partial charge in [0.05, 0.1) is 29.4 Å². The van der Waals surface area contributed by atoms with Crippen LogP contribution in [0.25, 0.3) is 0 Å². The van der Waals surface area contributed by atoms with Gasteiger partial charge in [0.1, 0.15) is 5.75 Å². The van der Waals surface area contributed by atoms with Gasteiger partial charge in [-0.3, -0.25) is 9.59 Å². The second-order valence-corrected chi connectivity index (χ2v) is 5.53.